The van der Waals surface area contributed by atoms with Gasteiger partial charge in [-0.05, 0) is 24.6 Å². The molecule has 0 fully saturated rings. The molecule has 2 aromatic rings. The minimum atomic E-state index is -0.848. The molecule has 1 aromatic carbocycles. The number of rotatable bonds is 4. The summed E-state index contributed by atoms with van der Waals surface area (Å²) in [6.07, 6.45) is 2.34. The van der Waals surface area contributed by atoms with E-state index in [1.54, 1.807) is 20.2 Å². The first kappa shape index (κ1) is 12.0. The third-order valence-corrected chi connectivity index (χ3v) is 2.77. The van der Waals surface area contributed by atoms with Crippen LogP contribution in [0, 0.1) is 0 Å². The van der Waals surface area contributed by atoms with Crippen molar-refractivity contribution < 1.29 is 9.84 Å². The maximum absolute atomic E-state index is 10.2. The molecule has 17 heavy (non-hydrogen) atoms. The van der Waals surface area contributed by atoms with E-state index in [1.165, 1.54) is 0 Å². The van der Waals surface area contributed by atoms with Gasteiger partial charge < -0.3 is 9.84 Å². The maximum atomic E-state index is 10.2. The third kappa shape index (κ3) is 2.81. The molecule has 0 saturated carbocycles. The fourth-order valence-corrected chi connectivity index (χ4v) is 2.08. The Balaban J connectivity index is 2.36. The Labute approximate surface area is 101 Å². The largest absolute Gasteiger partial charge is 0.387 e. The first-order valence-corrected chi connectivity index (χ1v) is 5.66. The molecule has 0 bridgehead atoms. The second kappa shape index (κ2) is 4.82. The molecule has 1 heterocycles. The van der Waals surface area contributed by atoms with Crippen molar-refractivity contribution in [2.45, 2.75) is 18.9 Å². The molecule has 0 amide bonds. The van der Waals surface area contributed by atoms with Crippen molar-refractivity contribution in [2.24, 2.45) is 0 Å². The van der Waals surface area contributed by atoms with Crippen molar-refractivity contribution in [3.63, 3.8) is 0 Å². The van der Waals surface area contributed by atoms with Crippen LogP contribution in [0.2, 0.25) is 0 Å². The lowest BCUT2D eigenvalue weighted by Crippen LogP contribution is -2.32. The molecule has 3 nitrogen and oxygen atoms in total. The van der Waals surface area contributed by atoms with Crippen molar-refractivity contribution in [3.8, 4) is 0 Å². The molecule has 0 saturated heterocycles. The summed E-state index contributed by atoms with van der Waals surface area (Å²) in [5, 5.41) is 11.3. The van der Waals surface area contributed by atoms with Crippen molar-refractivity contribution in [1.82, 2.24) is 4.98 Å². The molecule has 0 aliphatic carbocycles. The van der Waals surface area contributed by atoms with Crippen LogP contribution < -0.4 is 0 Å². The van der Waals surface area contributed by atoms with E-state index in [2.05, 4.69) is 4.98 Å². The first-order valence-electron chi connectivity index (χ1n) is 5.66. The number of aliphatic hydroxyl groups is 1. The van der Waals surface area contributed by atoms with Crippen molar-refractivity contribution in [2.75, 3.05) is 13.7 Å². The van der Waals surface area contributed by atoms with Crippen LogP contribution >= 0.6 is 0 Å². The summed E-state index contributed by atoms with van der Waals surface area (Å²) < 4.78 is 5.03. The van der Waals surface area contributed by atoms with E-state index in [9.17, 15) is 5.11 Å². The Morgan fingerprint density at radius 2 is 2.06 bits per heavy atom. The monoisotopic (exact) mass is 231 g/mol. The number of fused-ring (bicyclic) bond motifs is 1. The van der Waals surface area contributed by atoms with Crippen LogP contribution in [0.15, 0.2) is 36.5 Å². The van der Waals surface area contributed by atoms with Crippen molar-refractivity contribution in [1.29, 1.82) is 0 Å². The molecule has 1 atom stereocenters. The molecule has 1 aromatic heterocycles. The van der Waals surface area contributed by atoms with Gasteiger partial charge in [0.25, 0.3) is 0 Å². The molecule has 0 spiro atoms. The summed E-state index contributed by atoms with van der Waals surface area (Å²) in [6.45, 7) is 2.11. The predicted molar refractivity (Wildman–Crippen MR) is 67.9 cm³/mol. The Morgan fingerprint density at radius 1 is 1.29 bits per heavy atom. The van der Waals surface area contributed by atoms with Gasteiger partial charge in [0.2, 0.25) is 0 Å². The molecule has 0 radical (unpaired) electrons. The smallest absolute Gasteiger partial charge is 0.0892 e. The Bertz CT molecular complexity index is 503. The van der Waals surface area contributed by atoms with E-state index in [4.69, 9.17) is 4.74 Å². The fraction of sp³-hybridized carbons (Fsp3) is 0.357. The van der Waals surface area contributed by atoms with Gasteiger partial charge in [0.05, 0.1) is 17.7 Å². The zero-order chi connectivity index (χ0) is 12.3. The van der Waals surface area contributed by atoms with Crippen LogP contribution in [0.1, 0.15) is 12.5 Å². The van der Waals surface area contributed by atoms with Gasteiger partial charge >= 0.3 is 0 Å². The standard InChI is InChI=1S/C14H17NO2/c1-14(16,10-17-2)9-11-7-8-15-13-6-4-3-5-12(11)13/h3-8,16H,9-10H2,1-2H3. The minimum absolute atomic E-state index is 0.323. The molecule has 1 N–H and O–H groups in total. The average Bonchev–Trinajstić information content (AvgIpc) is 2.29. The van der Waals surface area contributed by atoms with E-state index in [1.807, 2.05) is 30.3 Å². The van der Waals surface area contributed by atoms with Crippen LogP contribution in [0.5, 0.6) is 0 Å². The molecular weight excluding hydrogens is 214 g/mol. The van der Waals surface area contributed by atoms with E-state index in [0.717, 1.165) is 16.5 Å². The average molecular weight is 231 g/mol. The SMILES string of the molecule is COCC(C)(O)Cc1ccnc2ccccc12. The number of aromatic nitrogens is 1. The number of ether oxygens (including phenoxy) is 1. The van der Waals surface area contributed by atoms with E-state index >= 15 is 0 Å². The summed E-state index contributed by atoms with van der Waals surface area (Å²) >= 11 is 0. The van der Waals surface area contributed by atoms with Gasteiger partial charge in [0.15, 0.2) is 0 Å². The van der Waals surface area contributed by atoms with Crippen molar-refractivity contribution >= 4 is 10.9 Å². The normalized spacial score (nSPS) is 14.8. The second-order valence-corrected chi connectivity index (χ2v) is 4.59. The highest BCUT2D eigenvalue weighted by Gasteiger charge is 2.21. The van der Waals surface area contributed by atoms with Crippen LogP contribution in [-0.2, 0) is 11.2 Å². The van der Waals surface area contributed by atoms with Gasteiger partial charge in [0.1, 0.15) is 0 Å². The van der Waals surface area contributed by atoms with Crippen LogP contribution in [0.3, 0.4) is 0 Å². The number of hydrogen-bond donors (Lipinski definition) is 1. The highest BCUT2D eigenvalue weighted by atomic mass is 16.5. The Morgan fingerprint density at radius 3 is 2.82 bits per heavy atom. The van der Waals surface area contributed by atoms with E-state index in [-0.39, 0.29) is 0 Å². The number of hydrogen-bond acceptors (Lipinski definition) is 3. The van der Waals surface area contributed by atoms with Gasteiger partial charge in [-0.25, -0.2) is 0 Å². The zero-order valence-electron chi connectivity index (χ0n) is 10.2. The second-order valence-electron chi connectivity index (χ2n) is 4.59. The number of pyridine rings is 1. The highest BCUT2D eigenvalue weighted by Crippen LogP contribution is 2.21. The summed E-state index contributed by atoms with van der Waals surface area (Å²) in [6, 6.07) is 9.90. The van der Waals surface area contributed by atoms with Crippen LogP contribution in [-0.4, -0.2) is 29.4 Å². The van der Waals surface area contributed by atoms with Crippen molar-refractivity contribution in [3.05, 3.63) is 42.1 Å². The predicted octanol–water partition coefficient (Wildman–Crippen LogP) is 2.17. The van der Waals surface area contributed by atoms with Gasteiger partial charge in [-0.2, -0.15) is 0 Å². The lowest BCUT2D eigenvalue weighted by Gasteiger charge is -2.22. The summed E-state index contributed by atoms with van der Waals surface area (Å²) in [5.41, 5.74) is 1.20. The Hall–Kier alpha value is -1.45. The molecule has 0 aliphatic heterocycles. The van der Waals surface area contributed by atoms with Gasteiger partial charge in [-0.15, -0.1) is 0 Å². The molecule has 1 unspecified atom stereocenters. The maximum Gasteiger partial charge on any atom is 0.0892 e. The lowest BCUT2D eigenvalue weighted by atomic mass is 9.95. The van der Waals surface area contributed by atoms with Gasteiger partial charge in [-0.1, -0.05) is 18.2 Å². The fourth-order valence-electron chi connectivity index (χ4n) is 2.08. The zero-order valence-corrected chi connectivity index (χ0v) is 10.2. The molecule has 0 aliphatic rings. The van der Waals surface area contributed by atoms with Crippen LogP contribution in [0.25, 0.3) is 10.9 Å². The molecule has 2 rings (SSSR count). The minimum Gasteiger partial charge on any atom is -0.387 e. The number of para-hydroxylation sites is 1. The molecule has 3 heteroatoms. The number of benzene rings is 1. The summed E-state index contributed by atoms with van der Waals surface area (Å²) in [4.78, 5) is 4.30. The lowest BCUT2D eigenvalue weighted by molar-refractivity contribution is -0.0158. The van der Waals surface area contributed by atoms with Gasteiger partial charge in [0, 0.05) is 25.1 Å². The Kier molecular flexibility index (Phi) is 3.41. The molecular formula is C14H17NO2. The first-order chi connectivity index (χ1) is 8.12. The van der Waals surface area contributed by atoms with Gasteiger partial charge in [-0.3, -0.25) is 4.98 Å². The number of methoxy groups -OCH3 is 1. The van der Waals surface area contributed by atoms with Crippen LogP contribution in [0.4, 0.5) is 0 Å². The third-order valence-electron chi connectivity index (χ3n) is 2.77. The highest BCUT2D eigenvalue weighted by molar-refractivity contribution is 5.81. The summed E-state index contributed by atoms with van der Waals surface area (Å²) in [7, 11) is 1.60. The van der Waals surface area contributed by atoms with E-state index < -0.39 is 5.60 Å². The molecule has 90 valence electrons. The summed E-state index contributed by atoms with van der Waals surface area (Å²) in [5.74, 6) is 0. The topological polar surface area (TPSA) is 42.4 Å². The number of nitrogens with zero attached hydrogens (tertiary/aromatic N) is 1. The van der Waals surface area contributed by atoms with E-state index in [0.29, 0.717) is 13.0 Å². The quantitative estimate of drug-likeness (QED) is 0.877.